The Morgan fingerprint density at radius 1 is 0.950 bits per heavy atom. The second-order valence-electron chi connectivity index (χ2n) is 9.34. The van der Waals surface area contributed by atoms with Gasteiger partial charge in [-0.15, -0.1) is 22.7 Å². The third kappa shape index (κ3) is 4.53. The maximum absolute atomic E-state index is 11.3. The molecule has 0 saturated carbocycles. The van der Waals surface area contributed by atoms with Crippen molar-refractivity contribution in [2.24, 2.45) is 0 Å². The van der Waals surface area contributed by atoms with E-state index in [0.29, 0.717) is 13.1 Å². The summed E-state index contributed by atoms with van der Waals surface area (Å²) >= 11 is 6.87. The van der Waals surface area contributed by atoms with Crippen molar-refractivity contribution in [3.05, 3.63) is 50.7 Å². The van der Waals surface area contributed by atoms with Gasteiger partial charge in [-0.2, -0.15) is 0 Å². The highest BCUT2D eigenvalue weighted by molar-refractivity contribution is 9.11. The van der Waals surface area contributed by atoms with Gasteiger partial charge in [-0.3, -0.25) is 13.6 Å². The highest BCUT2D eigenvalue weighted by Crippen LogP contribution is 2.35. The number of aromatic nitrogens is 6. The molecule has 0 saturated heterocycles. The van der Waals surface area contributed by atoms with Crippen LogP contribution in [0.1, 0.15) is 22.7 Å². The van der Waals surface area contributed by atoms with Crippen molar-refractivity contribution in [2.75, 3.05) is 37.8 Å². The highest BCUT2D eigenvalue weighted by atomic mass is 79.9. The molecule has 0 atom stereocenters. The molecule has 14 heteroatoms. The molecule has 0 aliphatic carbocycles. The minimum Gasteiger partial charge on any atom is -0.370 e. The largest absolute Gasteiger partial charge is 0.370 e. The first-order chi connectivity index (χ1) is 19.3. The molecular formula is C26H25BBrN9OS2. The molecule has 0 spiro atoms. The number of hydrogen-bond acceptors (Lipinski definition) is 9. The molecule has 0 aromatic carbocycles. The smallest absolute Gasteiger partial charge is 0.200 e. The third-order valence-electron chi connectivity index (χ3n) is 6.84. The van der Waals surface area contributed by atoms with Crippen LogP contribution >= 0.6 is 38.6 Å². The van der Waals surface area contributed by atoms with Crippen LogP contribution in [0.2, 0.25) is 0 Å². The van der Waals surface area contributed by atoms with Gasteiger partial charge in [0.15, 0.2) is 28.7 Å². The molecule has 202 valence electrons. The van der Waals surface area contributed by atoms with E-state index in [-0.39, 0.29) is 5.81 Å². The Hall–Kier alpha value is -3.49. The Labute approximate surface area is 247 Å². The lowest BCUT2D eigenvalue weighted by Gasteiger charge is -2.25. The molecule has 6 aromatic heterocycles. The Morgan fingerprint density at radius 2 is 1.52 bits per heavy atom. The molecule has 1 amide bonds. The molecule has 10 nitrogen and oxygen atoms in total. The molecule has 7 heterocycles. The van der Waals surface area contributed by atoms with Gasteiger partial charge in [-0.25, -0.2) is 19.9 Å². The van der Waals surface area contributed by atoms with Crippen molar-refractivity contribution in [1.82, 2.24) is 33.6 Å². The second-order valence-corrected chi connectivity index (χ2v) is 12.8. The van der Waals surface area contributed by atoms with E-state index in [9.17, 15) is 4.79 Å². The normalized spacial score (nSPS) is 13.6. The quantitative estimate of drug-likeness (QED) is 0.240. The van der Waals surface area contributed by atoms with Crippen molar-refractivity contribution >= 4 is 101 Å². The van der Waals surface area contributed by atoms with Crippen molar-refractivity contribution in [3.63, 3.8) is 0 Å². The maximum atomic E-state index is 11.3. The zero-order valence-electron chi connectivity index (χ0n) is 22.3. The number of aryl methyl sites for hydroxylation is 2. The summed E-state index contributed by atoms with van der Waals surface area (Å²) in [7, 11) is 9.06. The van der Waals surface area contributed by atoms with Gasteiger partial charge in [0.1, 0.15) is 20.7 Å². The van der Waals surface area contributed by atoms with Gasteiger partial charge in [0.2, 0.25) is 7.85 Å². The summed E-state index contributed by atoms with van der Waals surface area (Å²) in [6.07, 6.45) is 6.61. The lowest BCUT2D eigenvalue weighted by atomic mass is 10.0. The monoisotopic (exact) mass is 633 g/mol. The number of amides is 1. The zero-order chi connectivity index (χ0) is 28.1. The number of fused-ring (bicyclic) bond motifs is 6. The minimum atomic E-state index is -0.363. The van der Waals surface area contributed by atoms with Gasteiger partial charge >= 0.3 is 0 Å². The van der Waals surface area contributed by atoms with Crippen molar-refractivity contribution < 1.29 is 4.79 Å². The molecular weight excluding hydrogens is 609 g/mol. The number of nitrogens with zero attached hydrogens (tertiary/aromatic N) is 7. The van der Waals surface area contributed by atoms with E-state index in [1.807, 2.05) is 46.4 Å². The van der Waals surface area contributed by atoms with Crippen LogP contribution in [-0.4, -0.2) is 74.5 Å². The molecule has 7 rings (SSSR count). The summed E-state index contributed by atoms with van der Waals surface area (Å²) in [5.41, 5.74) is 7.09. The fourth-order valence-electron chi connectivity index (χ4n) is 4.84. The van der Waals surface area contributed by atoms with Crippen molar-refractivity contribution in [1.29, 1.82) is 0 Å². The van der Waals surface area contributed by atoms with Crippen LogP contribution in [0.15, 0.2) is 34.4 Å². The van der Waals surface area contributed by atoms with Crippen LogP contribution in [0.5, 0.6) is 0 Å². The van der Waals surface area contributed by atoms with Crippen LogP contribution in [0, 0.1) is 13.8 Å². The van der Waals surface area contributed by atoms with E-state index in [2.05, 4.69) is 62.5 Å². The van der Waals surface area contributed by atoms with Crippen LogP contribution in [-0.2, 0) is 0 Å². The Morgan fingerprint density at radius 3 is 2.05 bits per heavy atom. The van der Waals surface area contributed by atoms with Crippen LogP contribution in [0.4, 0.5) is 16.4 Å². The number of anilines is 2. The summed E-state index contributed by atoms with van der Waals surface area (Å²) in [6, 6.07) is 4.14. The third-order valence-corrected chi connectivity index (χ3v) is 9.64. The van der Waals surface area contributed by atoms with E-state index in [4.69, 9.17) is 12.8 Å². The molecule has 0 bridgehead atoms. The van der Waals surface area contributed by atoms with Crippen molar-refractivity contribution in [2.45, 2.75) is 20.3 Å². The van der Waals surface area contributed by atoms with E-state index in [1.54, 1.807) is 27.6 Å². The summed E-state index contributed by atoms with van der Waals surface area (Å²) in [5, 5.41) is 6.20. The average Bonchev–Trinajstić information content (AvgIpc) is 3.73. The molecule has 1 aliphatic heterocycles. The predicted molar refractivity (Wildman–Crippen MR) is 168 cm³/mol. The van der Waals surface area contributed by atoms with E-state index in [0.717, 1.165) is 65.2 Å². The molecule has 6 aromatic rings. The number of rotatable bonds is 3. The Bertz CT molecular complexity index is 1950. The maximum Gasteiger partial charge on any atom is 0.200 e. The Kier molecular flexibility index (Phi) is 7.01. The van der Waals surface area contributed by atoms with E-state index < -0.39 is 0 Å². The number of halogens is 1. The second kappa shape index (κ2) is 10.5. The lowest BCUT2D eigenvalue weighted by molar-refractivity contribution is 0.227. The first-order valence-electron chi connectivity index (χ1n) is 12.6. The molecule has 2 N–H and O–H groups in total. The number of carbonyl (C=O) groups excluding carboxylic acids is 1. The average molecular weight is 634 g/mol. The number of carbonyl (C=O) groups is 1. The molecule has 0 unspecified atom stereocenters. The van der Waals surface area contributed by atoms with Gasteiger partial charge in [0.25, 0.3) is 0 Å². The molecule has 2 radical (unpaired) electrons. The SMILES string of the molecule is CNc1nc2cc(Br)sc2n2c(C)cnc12.[B]C(=O)N1CC=C(c2cc3nc(NC)c4ncc(C)n4c3s2)CC1. The standard InChI is InChI=1S/C16H16BN5OS.C10H9BrN4S/c1-9-8-19-14-13(18-2)20-11-7-12(24-15(11)22(9)14)10-3-5-21(6-4-10)16(17)23;1-5-4-13-9-8(12-2)14-6-3-7(11)16-10(6)15(5)9/h3,7-8H,4-6H2,1-2H3,(H,18,20);3-4H,1-2H3,(H,12,14). The number of thiophene rings is 2. The minimum absolute atomic E-state index is 0.363. The molecule has 1 aliphatic rings. The fraction of sp³-hybridized carbons (Fsp3) is 0.269. The predicted octanol–water partition coefficient (Wildman–Crippen LogP) is 5.73. The fourth-order valence-corrected chi connectivity index (χ4v) is 7.63. The van der Waals surface area contributed by atoms with E-state index in [1.165, 1.54) is 10.5 Å². The highest BCUT2D eigenvalue weighted by Gasteiger charge is 2.19. The van der Waals surface area contributed by atoms with Crippen LogP contribution in [0.25, 0.3) is 37.6 Å². The van der Waals surface area contributed by atoms with Crippen LogP contribution < -0.4 is 10.6 Å². The zero-order valence-corrected chi connectivity index (χ0v) is 25.5. The topological polar surface area (TPSA) is 105 Å². The van der Waals surface area contributed by atoms with Gasteiger partial charge in [0.05, 0.1) is 3.79 Å². The molecule has 40 heavy (non-hydrogen) atoms. The van der Waals surface area contributed by atoms with Gasteiger partial charge < -0.3 is 15.5 Å². The summed E-state index contributed by atoms with van der Waals surface area (Å²) < 4.78 is 5.35. The van der Waals surface area contributed by atoms with Gasteiger partial charge in [-0.1, -0.05) is 6.08 Å². The first kappa shape index (κ1) is 26.7. The summed E-state index contributed by atoms with van der Waals surface area (Å²) in [6.45, 7) is 5.31. The summed E-state index contributed by atoms with van der Waals surface area (Å²) in [4.78, 5) is 34.4. The summed E-state index contributed by atoms with van der Waals surface area (Å²) in [5.74, 6) is 1.22. The number of hydrogen-bond donors (Lipinski definition) is 2. The van der Waals surface area contributed by atoms with E-state index >= 15 is 0 Å². The van der Waals surface area contributed by atoms with Gasteiger partial charge in [-0.05, 0) is 53.9 Å². The van der Waals surface area contributed by atoms with Crippen molar-refractivity contribution in [3.8, 4) is 0 Å². The number of imidazole rings is 2. The first-order valence-corrected chi connectivity index (χ1v) is 15.0. The number of nitrogens with one attached hydrogen (secondary N) is 2. The van der Waals surface area contributed by atoms with Crippen LogP contribution in [0.3, 0.4) is 0 Å². The van der Waals surface area contributed by atoms with Gasteiger partial charge in [0, 0.05) is 55.8 Å². The lowest BCUT2D eigenvalue weighted by Crippen LogP contribution is -2.33. The molecule has 0 fully saturated rings. The Balaban J connectivity index is 0.000000157.